The van der Waals surface area contributed by atoms with E-state index in [1.54, 1.807) is 0 Å². The number of para-hydroxylation sites is 1. The van der Waals surface area contributed by atoms with Gasteiger partial charge >= 0.3 is 0 Å². The SMILES string of the molecule is C[C@@H](Oc1ccccc1)c1nc(-c2ccc(N3CCOCC3)cc2)no1. The molecule has 6 heteroatoms. The van der Waals surface area contributed by atoms with Crippen molar-refractivity contribution in [3.8, 4) is 17.1 Å². The smallest absolute Gasteiger partial charge is 0.267 e. The van der Waals surface area contributed by atoms with Gasteiger partial charge in [0.2, 0.25) is 5.82 Å². The molecule has 3 aromatic rings. The summed E-state index contributed by atoms with van der Waals surface area (Å²) >= 11 is 0. The van der Waals surface area contributed by atoms with Crippen molar-refractivity contribution in [3.63, 3.8) is 0 Å². The Kier molecular flexibility index (Phi) is 4.84. The fourth-order valence-corrected chi connectivity index (χ4v) is 2.91. The van der Waals surface area contributed by atoms with E-state index in [-0.39, 0.29) is 6.10 Å². The third-order valence-corrected chi connectivity index (χ3v) is 4.35. The fraction of sp³-hybridized carbons (Fsp3) is 0.300. The topological polar surface area (TPSA) is 60.6 Å². The van der Waals surface area contributed by atoms with Gasteiger partial charge < -0.3 is 18.9 Å². The van der Waals surface area contributed by atoms with Crippen LogP contribution in [0.4, 0.5) is 5.69 Å². The van der Waals surface area contributed by atoms with Gasteiger partial charge in [0, 0.05) is 24.3 Å². The van der Waals surface area contributed by atoms with Crippen LogP contribution in [0.5, 0.6) is 5.75 Å². The molecule has 1 fully saturated rings. The van der Waals surface area contributed by atoms with E-state index in [1.807, 2.05) is 49.4 Å². The molecular formula is C20H21N3O3. The summed E-state index contributed by atoms with van der Waals surface area (Å²) in [5.41, 5.74) is 2.10. The number of hydrogen-bond donors (Lipinski definition) is 0. The first-order valence-electron chi connectivity index (χ1n) is 8.78. The van der Waals surface area contributed by atoms with Crippen LogP contribution in [0.15, 0.2) is 59.1 Å². The lowest BCUT2D eigenvalue weighted by molar-refractivity contribution is 0.122. The predicted molar refractivity (Wildman–Crippen MR) is 98.3 cm³/mol. The van der Waals surface area contributed by atoms with Crippen molar-refractivity contribution in [1.82, 2.24) is 10.1 Å². The maximum absolute atomic E-state index is 5.83. The van der Waals surface area contributed by atoms with Crippen LogP contribution in [0.1, 0.15) is 18.9 Å². The van der Waals surface area contributed by atoms with Crippen molar-refractivity contribution in [1.29, 1.82) is 0 Å². The van der Waals surface area contributed by atoms with Gasteiger partial charge in [-0.05, 0) is 43.3 Å². The van der Waals surface area contributed by atoms with Gasteiger partial charge in [-0.2, -0.15) is 4.98 Å². The zero-order chi connectivity index (χ0) is 17.8. The third kappa shape index (κ3) is 3.70. The first-order valence-corrected chi connectivity index (χ1v) is 8.78. The van der Waals surface area contributed by atoms with Gasteiger partial charge in [0.15, 0.2) is 6.10 Å². The minimum atomic E-state index is -0.314. The molecule has 1 saturated heterocycles. The molecule has 1 aromatic heterocycles. The number of morpholine rings is 1. The molecule has 6 nitrogen and oxygen atoms in total. The fourth-order valence-electron chi connectivity index (χ4n) is 2.91. The molecule has 1 aliphatic heterocycles. The molecule has 0 radical (unpaired) electrons. The van der Waals surface area contributed by atoms with E-state index >= 15 is 0 Å². The van der Waals surface area contributed by atoms with Gasteiger partial charge in [0.1, 0.15) is 5.75 Å². The average Bonchev–Trinajstić information content (AvgIpc) is 3.20. The second kappa shape index (κ2) is 7.58. The zero-order valence-corrected chi connectivity index (χ0v) is 14.7. The quantitative estimate of drug-likeness (QED) is 0.698. The molecule has 0 unspecified atom stereocenters. The summed E-state index contributed by atoms with van der Waals surface area (Å²) in [7, 11) is 0. The minimum absolute atomic E-state index is 0.314. The number of anilines is 1. The second-order valence-electron chi connectivity index (χ2n) is 6.18. The largest absolute Gasteiger partial charge is 0.481 e. The van der Waals surface area contributed by atoms with Crippen LogP contribution in [0.25, 0.3) is 11.4 Å². The predicted octanol–water partition coefficient (Wildman–Crippen LogP) is 3.71. The highest BCUT2D eigenvalue weighted by atomic mass is 16.5. The molecule has 0 bridgehead atoms. The molecule has 0 aliphatic carbocycles. The lowest BCUT2D eigenvalue weighted by Gasteiger charge is -2.28. The molecule has 4 rings (SSSR count). The summed E-state index contributed by atoms with van der Waals surface area (Å²) in [4.78, 5) is 6.79. The number of ether oxygens (including phenoxy) is 2. The third-order valence-electron chi connectivity index (χ3n) is 4.35. The summed E-state index contributed by atoms with van der Waals surface area (Å²) in [5, 5.41) is 4.09. The van der Waals surface area contributed by atoms with Crippen molar-refractivity contribution in [2.45, 2.75) is 13.0 Å². The number of rotatable bonds is 5. The highest BCUT2D eigenvalue weighted by molar-refractivity contribution is 5.60. The van der Waals surface area contributed by atoms with Gasteiger partial charge in [0.25, 0.3) is 5.89 Å². The second-order valence-corrected chi connectivity index (χ2v) is 6.18. The molecule has 2 heterocycles. The molecule has 0 N–H and O–H groups in total. The highest BCUT2D eigenvalue weighted by Gasteiger charge is 2.17. The summed E-state index contributed by atoms with van der Waals surface area (Å²) in [6, 6.07) is 17.8. The molecule has 2 aromatic carbocycles. The van der Waals surface area contributed by atoms with E-state index in [9.17, 15) is 0 Å². The van der Waals surface area contributed by atoms with Crippen LogP contribution in [0.3, 0.4) is 0 Å². The van der Waals surface area contributed by atoms with Crippen LogP contribution in [-0.4, -0.2) is 36.4 Å². The number of benzene rings is 2. The van der Waals surface area contributed by atoms with Gasteiger partial charge in [-0.15, -0.1) is 0 Å². The highest BCUT2D eigenvalue weighted by Crippen LogP contribution is 2.25. The molecule has 0 spiro atoms. The van der Waals surface area contributed by atoms with Crippen molar-refractivity contribution in [2.24, 2.45) is 0 Å². The normalized spacial score (nSPS) is 15.7. The zero-order valence-electron chi connectivity index (χ0n) is 14.7. The van der Waals surface area contributed by atoms with Crippen LogP contribution in [0, 0.1) is 0 Å². The van der Waals surface area contributed by atoms with Crippen LogP contribution in [0.2, 0.25) is 0 Å². The van der Waals surface area contributed by atoms with E-state index in [1.165, 1.54) is 5.69 Å². The molecule has 0 saturated carbocycles. The number of aromatic nitrogens is 2. The molecular weight excluding hydrogens is 330 g/mol. The van der Waals surface area contributed by atoms with Crippen molar-refractivity contribution >= 4 is 5.69 Å². The van der Waals surface area contributed by atoms with Crippen LogP contribution < -0.4 is 9.64 Å². The Morgan fingerprint density at radius 1 is 1.00 bits per heavy atom. The first-order chi connectivity index (χ1) is 12.8. The Hall–Kier alpha value is -2.86. The van der Waals surface area contributed by atoms with E-state index in [0.29, 0.717) is 11.7 Å². The maximum Gasteiger partial charge on any atom is 0.267 e. The lowest BCUT2D eigenvalue weighted by atomic mass is 10.2. The maximum atomic E-state index is 5.83. The lowest BCUT2D eigenvalue weighted by Crippen LogP contribution is -2.36. The monoisotopic (exact) mass is 351 g/mol. The van der Waals surface area contributed by atoms with Crippen molar-refractivity contribution in [2.75, 3.05) is 31.2 Å². The molecule has 1 aliphatic rings. The molecule has 134 valence electrons. The molecule has 1 atom stereocenters. The van der Waals surface area contributed by atoms with Gasteiger partial charge in [-0.25, -0.2) is 0 Å². The molecule has 26 heavy (non-hydrogen) atoms. The number of nitrogens with zero attached hydrogens (tertiary/aromatic N) is 3. The summed E-state index contributed by atoms with van der Waals surface area (Å²) < 4.78 is 16.6. The van der Waals surface area contributed by atoms with E-state index in [2.05, 4.69) is 27.2 Å². The van der Waals surface area contributed by atoms with Crippen LogP contribution >= 0.6 is 0 Å². The van der Waals surface area contributed by atoms with E-state index < -0.39 is 0 Å². The first kappa shape index (κ1) is 16.6. The summed E-state index contributed by atoms with van der Waals surface area (Å²) in [6.45, 7) is 5.27. The summed E-state index contributed by atoms with van der Waals surface area (Å²) in [6.07, 6.45) is -0.314. The van der Waals surface area contributed by atoms with Gasteiger partial charge in [-0.1, -0.05) is 23.4 Å². The van der Waals surface area contributed by atoms with Crippen molar-refractivity contribution < 1.29 is 14.0 Å². The van der Waals surface area contributed by atoms with Crippen LogP contribution in [-0.2, 0) is 4.74 Å². The summed E-state index contributed by atoms with van der Waals surface area (Å²) in [5.74, 6) is 1.80. The Morgan fingerprint density at radius 3 is 2.46 bits per heavy atom. The average molecular weight is 351 g/mol. The van der Waals surface area contributed by atoms with Crippen molar-refractivity contribution in [3.05, 3.63) is 60.5 Å². The standard InChI is InChI=1S/C20H21N3O3/c1-15(25-18-5-3-2-4-6-18)20-21-19(22-26-20)16-7-9-17(10-8-16)23-11-13-24-14-12-23/h2-10,15H,11-14H2,1H3/t15-/m1/s1. The van der Waals surface area contributed by atoms with E-state index in [4.69, 9.17) is 14.0 Å². The minimum Gasteiger partial charge on any atom is -0.481 e. The Morgan fingerprint density at radius 2 is 1.73 bits per heavy atom. The van der Waals surface area contributed by atoms with Gasteiger partial charge in [0.05, 0.1) is 13.2 Å². The Labute approximate surface area is 152 Å². The number of hydrogen-bond acceptors (Lipinski definition) is 6. The Balaban J connectivity index is 1.45. The van der Waals surface area contributed by atoms with E-state index in [0.717, 1.165) is 37.6 Å². The molecule has 0 amide bonds. The Bertz CT molecular complexity index is 827. The van der Waals surface area contributed by atoms with Gasteiger partial charge in [-0.3, -0.25) is 0 Å².